The molecule has 0 fully saturated rings. The molecule has 5 nitrogen and oxygen atoms in total. The highest BCUT2D eigenvalue weighted by Gasteiger charge is 2.10. The Morgan fingerprint density at radius 1 is 1.57 bits per heavy atom. The smallest absolute Gasteiger partial charge is 0.315 e. The molecule has 0 amide bonds. The van der Waals surface area contributed by atoms with Crippen LogP contribution >= 0.6 is 0 Å². The zero-order valence-electron chi connectivity index (χ0n) is 8.45. The maximum Gasteiger partial charge on any atom is 0.315 e. The number of hydrogen-bond acceptors (Lipinski definition) is 5. The lowest BCUT2D eigenvalue weighted by Gasteiger charge is -1.91. The highest BCUT2D eigenvalue weighted by Crippen LogP contribution is 2.03. The topological polar surface area (TPSA) is 65.2 Å². The summed E-state index contributed by atoms with van der Waals surface area (Å²) in [5.41, 5.74) is 0. The van der Waals surface area contributed by atoms with Gasteiger partial charge in [0.1, 0.15) is 6.42 Å². The summed E-state index contributed by atoms with van der Waals surface area (Å²) in [4.78, 5) is 14.9. The van der Waals surface area contributed by atoms with Gasteiger partial charge in [0.05, 0.1) is 7.11 Å². The summed E-state index contributed by atoms with van der Waals surface area (Å²) in [5, 5.41) is 3.75. The zero-order valence-corrected chi connectivity index (χ0v) is 8.45. The van der Waals surface area contributed by atoms with Gasteiger partial charge in [-0.25, -0.2) is 0 Å². The van der Waals surface area contributed by atoms with E-state index in [0.29, 0.717) is 11.7 Å². The molecule has 0 radical (unpaired) electrons. The molecule has 5 heteroatoms. The average Bonchev–Trinajstić information content (AvgIpc) is 2.62. The van der Waals surface area contributed by atoms with Gasteiger partial charge in [-0.1, -0.05) is 18.5 Å². The Balaban J connectivity index is 2.46. The van der Waals surface area contributed by atoms with E-state index in [1.807, 2.05) is 0 Å². The van der Waals surface area contributed by atoms with Gasteiger partial charge in [-0.15, -0.1) is 0 Å². The lowest BCUT2D eigenvalue weighted by atomic mass is 10.2. The quantitative estimate of drug-likeness (QED) is 0.663. The average molecular weight is 198 g/mol. The van der Waals surface area contributed by atoms with Gasteiger partial charge in [-0.2, -0.15) is 4.98 Å². The standard InChI is InChI=1S/C9H14N2O3/c1-3-4-5-7-10-8(14-11-7)6-9(12)13-2/h3-6H2,1-2H3. The second-order valence-electron chi connectivity index (χ2n) is 2.96. The second-order valence-corrected chi connectivity index (χ2v) is 2.96. The Labute approximate surface area is 82.4 Å². The Kier molecular flexibility index (Phi) is 4.10. The molecule has 1 aromatic heterocycles. The van der Waals surface area contributed by atoms with E-state index in [4.69, 9.17) is 4.52 Å². The second kappa shape index (κ2) is 5.36. The summed E-state index contributed by atoms with van der Waals surface area (Å²) in [6, 6.07) is 0. The number of ether oxygens (including phenoxy) is 1. The largest absolute Gasteiger partial charge is 0.469 e. The molecule has 78 valence electrons. The minimum absolute atomic E-state index is 0.0512. The van der Waals surface area contributed by atoms with Crippen LogP contribution in [-0.4, -0.2) is 23.2 Å². The van der Waals surface area contributed by atoms with Crippen LogP contribution in [0.2, 0.25) is 0 Å². The van der Waals surface area contributed by atoms with Crippen molar-refractivity contribution in [3.05, 3.63) is 11.7 Å². The molecule has 1 rings (SSSR count). The van der Waals surface area contributed by atoms with Crippen LogP contribution < -0.4 is 0 Å². The van der Waals surface area contributed by atoms with Crippen LogP contribution in [0.3, 0.4) is 0 Å². The van der Waals surface area contributed by atoms with Crippen molar-refractivity contribution in [2.45, 2.75) is 32.6 Å². The Morgan fingerprint density at radius 3 is 3.00 bits per heavy atom. The summed E-state index contributed by atoms with van der Waals surface area (Å²) < 4.78 is 9.35. The fraction of sp³-hybridized carbons (Fsp3) is 0.667. The van der Waals surface area contributed by atoms with Crippen LogP contribution in [-0.2, 0) is 22.4 Å². The van der Waals surface area contributed by atoms with Crippen molar-refractivity contribution in [3.8, 4) is 0 Å². The van der Waals surface area contributed by atoms with Gasteiger partial charge >= 0.3 is 5.97 Å². The summed E-state index contributed by atoms with van der Waals surface area (Å²) in [6.07, 6.45) is 2.95. The van der Waals surface area contributed by atoms with Crippen LogP contribution in [0.4, 0.5) is 0 Å². The number of esters is 1. The van der Waals surface area contributed by atoms with Gasteiger partial charge in [0, 0.05) is 6.42 Å². The van der Waals surface area contributed by atoms with Crippen LogP contribution in [0.1, 0.15) is 31.5 Å². The van der Waals surface area contributed by atoms with Crippen LogP contribution in [0, 0.1) is 0 Å². The van der Waals surface area contributed by atoms with Crippen molar-refractivity contribution < 1.29 is 14.1 Å². The van der Waals surface area contributed by atoms with Crippen molar-refractivity contribution in [3.63, 3.8) is 0 Å². The highest BCUT2D eigenvalue weighted by atomic mass is 16.5. The molecular formula is C9H14N2O3. The number of carbonyl (C=O) groups is 1. The Morgan fingerprint density at radius 2 is 2.36 bits per heavy atom. The van der Waals surface area contributed by atoms with Crippen molar-refractivity contribution >= 4 is 5.97 Å². The van der Waals surface area contributed by atoms with Gasteiger partial charge in [0.25, 0.3) is 0 Å². The predicted octanol–water partition coefficient (Wildman–Crippen LogP) is 1.13. The van der Waals surface area contributed by atoms with Gasteiger partial charge in [-0.05, 0) is 6.42 Å². The number of unbranched alkanes of at least 4 members (excludes halogenated alkanes) is 1. The minimum atomic E-state index is -0.365. The number of methoxy groups -OCH3 is 1. The molecule has 1 aromatic rings. The Bertz CT molecular complexity index is 296. The van der Waals surface area contributed by atoms with Crippen molar-refractivity contribution in [2.24, 2.45) is 0 Å². The SMILES string of the molecule is CCCCc1noc(CC(=O)OC)n1. The Hall–Kier alpha value is -1.39. The number of aryl methyl sites for hydroxylation is 1. The first-order valence-corrected chi connectivity index (χ1v) is 4.64. The fourth-order valence-corrected chi connectivity index (χ4v) is 0.994. The molecular weight excluding hydrogens is 184 g/mol. The molecule has 0 aliphatic rings. The number of hydrogen-bond donors (Lipinski definition) is 0. The van der Waals surface area contributed by atoms with Crippen molar-refractivity contribution in [1.82, 2.24) is 10.1 Å². The number of rotatable bonds is 5. The lowest BCUT2D eigenvalue weighted by molar-refractivity contribution is -0.140. The fourth-order valence-electron chi connectivity index (χ4n) is 0.994. The molecule has 0 saturated heterocycles. The van der Waals surface area contributed by atoms with E-state index in [1.54, 1.807) is 0 Å². The predicted molar refractivity (Wildman–Crippen MR) is 48.6 cm³/mol. The van der Waals surface area contributed by atoms with Crippen molar-refractivity contribution in [2.75, 3.05) is 7.11 Å². The van der Waals surface area contributed by atoms with Crippen LogP contribution in [0.5, 0.6) is 0 Å². The molecule has 0 unspecified atom stereocenters. The third-order valence-electron chi connectivity index (χ3n) is 1.79. The summed E-state index contributed by atoms with van der Waals surface area (Å²) in [7, 11) is 1.33. The molecule has 0 saturated carbocycles. The first kappa shape index (κ1) is 10.7. The molecule has 14 heavy (non-hydrogen) atoms. The van der Waals surface area contributed by atoms with E-state index < -0.39 is 0 Å². The van der Waals surface area contributed by atoms with Gasteiger partial charge in [0.2, 0.25) is 5.89 Å². The maximum absolute atomic E-state index is 10.9. The third-order valence-corrected chi connectivity index (χ3v) is 1.79. The van der Waals surface area contributed by atoms with E-state index in [0.717, 1.165) is 19.3 Å². The molecule has 0 spiro atoms. The maximum atomic E-state index is 10.9. The highest BCUT2D eigenvalue weighted by molar-refractivity contribution is 5.70. The van der Waals surface area contributed by atoms with Crippen LogP contribution in [0.25, 0.3) is 0 Å². The molecule has 0 aromatic carbocycles. The molecule has 1 heterocycles. The van der Waals surface area contributed by atoms with Gasteiger partial charge < -0.3 is 9.26 Å². The summed E-state index contributed by atoms with van der Waals surface area (Å²) in [6.45, 7) is 2.09. The normalized spacial score (nSPS) is 10.1. The first-order chi connectivity index (χ1) is 6.76. The van der Waals surface area contributed by atoms with Crippen LogP contribution in [0.15, 0.2) is 4.52 Å². The molecule has 0 bridgehead atoms. The van der Waals surface area contributed by atoms with Crippen molar-refractivity contribution in [1.29, 1.82) is 0 Å². The minimum Gasteiger partial charge on any atom is -0.469 e. The van der Waals surface area contributed by atoms with Gasteiger partial charge in [-0.3, -0.25) is 4.79 Å². The first-order valence-electron chi connectivity index (χ1n) is 4.64. The number of carbonyl (C=O) groups excluding carboxylic acids is 1. The number of aromatic nitrogens is 2. The monoisotopic (exact) mass is 198 g/mol. The zero-order chi connectivity index (χ0) is 10.4. The van der Waals surface area contributed by atoms with E-state index >= 15 is 0 Å². The van der Waals surface area contributed by atoms with E-state index in [2.05, 4.69) is 21.8 Å². The van der Waals surface area contributed by atoms with E-state index in [1.165, 1.54) is 7.11 Å². The molecule has 0 aliphatic heterocycles. The van der Waals surface area contributed by atoms with E-state index in [9.17, 15) is 4.79 Å². The molecule has 0 N–H and O–H groups in total. The van der Waals surface area contributed by atoms with E-state index in [-0.39, 0.29) is 12.4 Å². The molecule has 0 aliphatic carbocycles. The third kappa shape index (κ3) is 3.16. The summed E-state index contributed by atoms with van der Waals surface area (Å²) in [5.74, 6) is 0.615. The number of nitrogens with zero attached hydrogens (tertiary/aromatic N) is 2. The lowest BCUT2D eigenvalue weighted by Crippen LogP contribution is -2.04. The molecule has 0 atom stereocenters. The summed E-state index contributed by atoms with van der Waals surface area (Å²) >= 11 is 0. The van der Waals surface area contributed by atoms with Gasteiger partial charge in [0.15, 0.2) is 5.82 Å².